The van der Waals surface area contributed by atoms with Gasteiger partial charge < -0.3 is 4.74 Å². The molecular formula is C15H13IO. The van der Waals surface area contributed by atoms with E-state index in [4.69, 9.17) is 4.74 Å². The van der Waals surface area contributed by atoms with Gasteiger partial charge in [0.2, 0.25) is 0 Å². The zero-order valence-corrected chi connectivity index (χ0v) is 11.6. The van der Waals surface area contributed by atoms with E-state index in [-0.39, 0.29) is 6.10 Å². The summed E-state index contributed by atoms with van der Waals surface area (Å²) in [6.45, 7) is 0. The largest absolute Gasteiger partial charge is 0.486 e. The highest BCUT2D eigenvalue weighted by molar-refractivity contribution is 14.1. The lowest BCUT2D eigenvalue weighted by Gasteiger charge is -2.15. The first-order valence-corrected chi connectivity index (χ1v) is 6.91. The minimum Gasteiger partial charge on any atom is -0.486 e. The Labute approximate surface area is 115 Å². The van der Waals surface area contributed by atoms with Crippen molar-refractivity contribution in [1.29, 1.82) is 0 Å². The predicted molar refractivity (Wildman–Crippen MR) is 77.3 cm³/mol. The summed E-state index contributed by atoms with van der Waals surface area (Å²) in [5, 5.41) is 0. The summed E-state index contributed by atoms with van der Waals surface area (Å²) in [5.74, 6) is 0.971. The summed E-state index contributed by atoms with van der Waals surface area (Å²) in [7, 11) is 0. The number of ether oxygens (including phenoxy) is 1. The average Bonchev–Trinajstić information content (AvgIpc) is 2.73. The maximum Gasteiger partial charge on any atom is 0.124 e. The van der Waals surface area contributed by atoms with Gasteiger partial charge in [0.25, 0.3) is 0 Å². The first kappa shape index (κ1) is 11.1. The van der Waals surface area contributed by atoms with Crippen LogP contribution in [0, 0.1) is 3.57 Å². The molecule has 0 fully saturated rings. The molecule has 2 aromatic carbocycles. The Morgan fingerprint density at radius 2 is 1.94 bits per heavy atom. The summed E-state index contributed by atoms with van der Waals surface area (Å²) in [5.41, 5.74) is 2.79. The van der Waals surface area contributed by atoms with Crippen molar-refractivity contribution >= 4 is 22.6 Å². The molecule has 2 aromatic rings. The fraction of sp³-hybridized carbons (Fsp3) is 0.200. The minimum absolute atomic E-state index is 0.226. The summed E-state index contributed by atoms with van der Waals surface area (Å²) in [6, 6.07) is 16.8. The summed E-state index contributed by atoms with van der Waals surface area (Å²) < 4.78 is 7.29. The third-order valence-electron chi connectivity index (χ3n) is 3.15. The average molecular weight is 336 g/mol. The molecule has 1 aliphatic rings. The van der Waals surface area contributed by atoms with Crippen molar-refractivity contribution in [1.82, 2.24) is 0 Å². The van der Waals surface area contributed by atoms with Gasteiger partial charge in [-0.15, -0.1) is 0 Å². The van der Waals surface area contributed by atoms with E-state index >= 15 is 0 Å². The second-order valence-corrected chi connectivity index (χ2v) is 5.55. The number of rotatable bonds is 2. The summed E-state index contributed by atoms with van der Waals surface area (Å²) >= 11 is 2.31. The van der Waals surface area contributed by atoms with Gasteiger partial charge in [0, 0.05) is 3.57 Å². The van der Waals surface area contributed by atoms with Gasteiger partial charge in [-0.3, -0.25) is 0 Å². The first-order valence-electron chi connectivity index (χ1n) is 5.83. The van der Waals surface area contributed by atoms with E-state index in [1.54, 1.807) is 0 Å². The molecule has 17 heavy (non-hydrogen) atoms. The molecule has 0 heterocycles. The number of aryl methyl sites for hydroxylation is 1. The van der Waals surface area contributed by atoms with Gasteiger partial charge in [0.05, 0.1) is 0 Å². The fourth-order valence-corrected chi connectivity index (χ4v) is 2.86. The lowest BCUT2D eigenvalue weighted by atomic mass is 10.1. The number of benzene rings is 2. The Bertz CT molecular complexity index is 536. The van der Waals surface area contributed by atoms with Crippen LogP contribution < -0.4 is 4.74 Å². The number of halogens is 1. The highest BCUT2D eigenvalue weighted by Crippen LogP contribution is 2.34. The monoisotopic (exact) mass is 336 g/mol. The van der Waals surface area contributed by atoms with Crippen LogP contribution in [0.1, 0.15) is 23.7 Å². The van der Waals surface area contributed by atoms with E-state index in [0.29, 0.717) is 0 Å². The van der Waals surface area contributed by atoms with E-state index in [9.17, 15) is 0 Å². The number of fused-ring (bicyclic) bond motifs is 1. The molecule has 0 aliphatic heterocycles. The standard InChI is InChI=1S/C15H13IO/c16-12-5-3-6-13(10-12)17-15-9-8-11-4-1-2-7-14(11)15/h1-7,10,15H,8-9H2. The normalized spacial score (nSPS) is 17.8. The van der Waals surface area contributed by atoms with Crippen LogP contribution in [-0.4, -0.2) is 0 Å². The molecule has 0 saturated heterocycles. The predicted octanol–water partition coefficient (Wildman–Crippen LogP) is 4.36. The van der Waals surface area contributed by atoms with E-state index in [0.717, 1.165) is 18.6 Å². The van der Waals surface area contributed by atoms with Gasteiger partial charge in [-0.2, -0.15) is 0 Å². The van der Waals surface area contributed by atoms with Gasteiger partial charge >= 0.3 is 0 Å². The van der Waals surface area contributed by atoms with Crippen LogP contribution in [0.4, 0.5) is 0 Å². The molecule has 0 amide bonds. The van der Waals surface area contributed by atoms with Gasteiger partial charge in [0.1, 0.15) is 11.9 Å². The zero-order valence-electron chi connectivity index (χ0n) is 9.40. The second kappa shape index (κ2) is 4.69. The lowest BCUT2D eigenvalue weighted by molar-refractivity contribution is 0.207. The van der Waals surface area contributed by atoms with E-state index in [1.807, 2.05) is 12.1 Å². The van der Waals surface area contributed by atoms with Crippen LogP contribution in [0.3, 0.4) is 0 Å². The Kier molecular flexibility index (Phi) is 3.05. The van der Waals surface area contributed by atoms with Crippen molar-refractivity contribution in [2.24, 2.45) is 0 Å². The number of hydrogen-bond donors (Lipinski definition) is 0. The minimum atomic E-state index is 0.226. The molecule has 0 spiro atoms. The van der Waals surface area contributed by atoms with Crippen LogP contribution >= 0.6 is 22.6 Å². The summed E-state index contributed by atoms with van der Waals surface area (Å²) in [6.07, 6.45) is 2.44. The molecule has 0 saturated carbocycles. The third kappa shape index (κ3) is 2.32. The maximum atomic E-state index is 6.08. The quantitative estimate of drug-likeness (QED) is 0.741. The van der Waals surface area contributed by atoms with Crippen LogP contribution in [0.15, 0.2) is 48.5 Å². The highest BCUT2D eigenvalue weighted by Gasteiger charge is 2.23. The lowest BCUT2D eigenvalue weighted by Crippen LogP contribution is -2.03. The Balaban J connectivity index is 1.84. The second-order valence-electron chi connectivity index (χ2n) is 4.30. The van der Waals surface area contributed by atoms with Crippen LogP contribution in [0.2, 0.25) is 0 Å². The molecule has 0 aromatic heterocycles. The molecule has 1 atom stereocenters. The van der Waals surface area contributed by atoms with Crippen LogP contribution in [0.5, 0.6) is 5.75 Å². The molecule has 0 bridgehead atoms. The van der Waals surface area contributed by atoms with Crippen molar-refractivity contribution in [3.05, 3.63) is 63.2 Å². The Morgan fingerprint density at radius 1 is 1.06 bits per heavy atom. The smallest absolute Gasteiger partial charge is 0.124 e. The number of hydrogen-bond acceptors (Lipinski definition) is 1. The summed E-state index contributed by atoms with van der Waals surface area (Å²) in [4.78, 5) is 0. The topological polar surface area (TPSA) is 9.23 Å². The molecular weight excluding hydrogens is 323 g/mol. The van der Waals surface area contributed by atoms with Gasteiger partial charge in [-0.25, -0.2) is 0 Å². The van der Waals surface area contributed by atoms with Crippen molar-refractivity contribution in [3.8, 4) is 5.75 Å². The van der Waals surface area contributed by atoms with Gasteiger partial charge in [-0.1, -0.05) is 30.3 Å². The highest BCUT2D eigenvalue weighted by atomic mass is 127. The molecule has 1 unspecified atom stereocenters. The molecule has 0 radical (unpaired) electrons. The maximum absolute atomic E-state index is 6.08. The van der Waals surface area contributed by atoms with Crippen LogP contribution in [0.25, 0.3) is 0 Å². The van der Waals surface area contributed by atoms with Crippen LogP contribution in [-0.2, 0) is 6.42 Å². The van der Waals surface area contributed by atoms with Crippen molar-refractivity contribution in [3.63, 3.8) is 0 Å². The van der Waals surface area contributed by atoms with E-state index < -0.39 is 0 Å². The molecule has 2 heteroatoms. The fourth-order valence-electron chi connectivity index (χ4n) is 2.35. The van der Waals surface area contributed by atoms with Crippen molar-refractivity contribution in [2.75, 3.05) is 0 Å². The van der Waals surface area contributed by atoms with Crippen molar-refractivity contribution < 1.29 is 4.74 Å². The SMILES string of the molecule is Ic1cccc(OC2CCc3ccccc32)c1. The molecule has 1 nitrogen and oxygen atoms in total. The van der Waals surface area contributed by atoms with Crippen molar-refractivity contribution in [2.45, 2.75) is 18.9 Å². The zero-order chi connectivity index (χ0) is 11.7. The molecule has 1 aliphatic carbocycles. The van der Waals surface area contributed by atoms with Gasteiger partial charge in [0.15, 0.2) is 0 Å². The Morgan fingerprint density at radius 3 is 2.82 bits per heavy atom. The van der Waals surface area contributed by atoms with E-state index in [1.165, 1.54) is 14.7 Å². The molecule has 0 N–H and O–H groups in total. The molecule has 86 valence electrons. The van der Waals surface area contributed by atoms with Gasteiger partial charge in [-0.05, 0) is 64.8 Å². The Hall–Kier alpha value is -1.03. The first-order chi connectivity index (χ1) is 8.33. The molecule has 3 rings (SSSR count). The third-order valence-corrected chi connectivity index (χ3v) is 3.82. The van der Waals surface area contributed by atoms with E-state index in [2.05, 4.69) is 59.0 Å².